The van der Waals surface area contributed by atoms with Crippen LogP contribution in [0, 0.1) is 13.8 Å². The van der Waals surface area contributed by atoms with E-state index in [1.165, 1.54) is 10.2 Å². The normalized spacial score (nSPS) is 10.3. The van der Waals surface area contributed by atoms with E-state index >= 15 is 0 Å². The third-order valence-corrected chi connectivity index (χ3v) is 2.32. The number of aromatic nitrogens is 3. The maximum Gasteiger partial charge on any atom is 0.263 e. The number of hydrogen-bond donors (Lipinski definition) is 2. The molecule has 18 heavy (non-hydrogen) atoms. The van der Waals surface area contributed by atoms with Crippen molar-refractivity contribution in [3.63, 3.8) is 0 Å². The molecule has 7 heteroatoms. The second-order valence-corrected chi connectivity index (χ2v) is 3.72. The number of nitrogens with two attached hydrogens (primary N) is 1. The lowest BCUT2D eigenvalue weighted by atomic mass is 10.2. The predicted molar refractivity (Wildman–Crippen MR) is 74.6 cm³/mol. The van der Waals surface area contributed by atoms with Gasteiger partial charge in [0.1, 0.15) is 0 Å². The lowest BCUT2D eigenvalue weighted by Crippen LogP contribution is -2.13. The Balaban J connectivity index is 0.00000162. The average Bonchev–Trinajstić information content (AvgIpc) is 2.64. The predicted octanol–water partition coefficient (Wildman–Crippen LogP) is 1.48. The van der Waals surface area contributed by atoms with E-state index in [1.807, 2.05) is 31.2 Å². The van der Waals surface area contributed by atoms with E-state index in [1.54, 1.807) is 13.1 Å². The van der Waals surface area contributed by atoms with Crippen molar-refractivity contribution in [2.75, 3.05) is 11.3 Å². The van der Waals surface area contributed by atoms with Crippen molar-refractivity contribution >= 4 is 24.6 Å². The number of anilines is 1. The fraction of sp³-hybridized carbons (Fsp3) is 0.182. The summed E-state index contributed by atoms with van der Waals surface area (Å²) in [4.78, 5) is 0. The number of benzene rings is 1. The molecular weight excluding hydrogens is 252 g/mol. The van der Waals surface area contributed by atoms with Crippen LogP contribution in [0.3, 0.4) is 0 Å². The van der Waals surface area contributed by atoms with E-state index in [9.17, 15) is 0 Å². The quantitative estimate of drug-likeness (QED) is 0.501. The second kappa shape index (κ2) is 6.02. The zero-order chi connectivity index (χ0) is 12.3. The maximum atomic E-state index is 5.66. The van der Waals surface area contributed by atoms with Gasteiger partial charge in [0, 0.05) is 0 Å². The van der Waals surface area contributed by atoms with Gasteiger partial charge < -0.3 is 5.84 Å². The summed E-state index contributed by atoms with van der Waals surface area (Å²) in [6.07, 6.45) is 1.70. The van der Waals surface area contributed by atoms with Gasteiger partial charge in [0.15, 0.2) is 5.82 Å². The van der Waals surface area contributed by atoms with Crippen LogP contribution in [-0.2, 0) is 0 Å². The van der Waals surface area contributed by atoms with E-state index in [4.69, 9.17) is 5.84 Å². The van der Waals surface area contributed by atoms with Crippen molar-refractivity contribution in [3.8, 4) is 0 Å². The van der Waals surface area contributed by atoms with Crippen LogP contribution < -0.4 is 11.3 Å². The van der Waals surface area contributed by atoms with E-state index in [0.717, 1.165) is 5.56 Å². The second-order valence-electron chi connectivity index (χ2n) is 3.72. The van der Waals surface area contributed by atoms with Crippen LogP contribution in [0.5, 0.6) is 0 Å². The smallest absolute Gasteiger partial charge is 0.263 e. The van der Waals surface area contributed by atoms with Gasteiger partial charge in [-0.05, 0) is 19.4 Å². The summed E-state index contributed by atoms with van der Waals surface area (Å²) in [5.74, 6) is 6.69. The fourth-order valence-corrected chi connectivity index (χ4v) is 1.26. The van der Waals surface area contributed by atoms with Crippen LogP contribution >= 0.6 is 12.4 Å². The number of nitrogens with one attached hydrogen (secondary N) is 1. The van der Waals surface area contributed by atoms with Gasteiger partial charge in [-0.15, -0.1) is 22.6 Å². The van der Waals surface area contributed by atoms with Crippen LogP contribution in [0.1, 0.15) is 17.0 Å². The largest absolute Gasteiger partial charge is 0.335 e. The molecule has 6 nitrogen and oxygen atoms in total. The molecule has 0 radical (unpaired) electrons. The highest BCUT2D eigenvalue weighted by molar-refractivity contribution is 5.85. The summed E-state index contributed by atoms with van der Waals surface area (Å²) in [5, 5.41) is 11.7. The Labute approximate surface area is 111 Å². The fourth-order valence-electron chi connectivity index (χ4n) is 1.26. The Kier molecular flexibility index (Phi) is 4.67. The van der Waals surface area contributed by atoms with Crippen LogP contribution in [0.2, 0.25) is 0 Å². The molecule has 1 aromatic carbocycles. The van der Waals surface area contributed by atoms with Gasteiger partial charge in [-0.1, -0.05) is 29.8 Å². The highest BCUT2D eigenvalue weighted by Gasteiger charge is 2.02. The lowest BCUT2D eigenvalue weighted by molar-refractivity contribution is 0.926. The standard InChI is InChI=1S/C11H14N6.ClH/c1-8-3-5-10(6-4-8)7-13-15-11-16-14-9(2)17(11)12;/h3-7H,12H2,1-2H3,(H,15,16);1H/b13-7-;. The Bertz CT molecular complexity index is 531. The third-order valence-electron chi connectivity index (χ3n) is 2.32. The SMILES string of the molecule is Cc1ccc(/C=N\Nc2nnc(C)n2N)cc1.Cl. The Morgan fingerprint density at radius 1 is 1.22 bits per heavy atom. The minimum absolute atomic E-state index is 0. The molecule has 2 rings (SSSR count). The summed E-state index contributed by atoms with van der Waals surface area (Å²) in [6.45, 7) is 3.81. The minimum Gasteiger partial charge on any atom is -0.335 e. The molecule has 0 saturated heterocycles. The van der Waals surface area contributed by atoms with Crippen molar-refractivity contribution in [2.45, 2.75) is 13.8 Å². The van der Waals surface area contributed by atoms with Crippen LogP contribution in [-0.4, -0.2) is 21.1 Å². The van der Waals surface area contributed by atoms with Crippen LogP contribution in [0.4, 0.5) is 5.95 Å². The van der Waals surface area contributed by atoms with Gasteiger partial charge in [0.2, 0.25) is 0 Å². The van der Waals surface area contributed by atoms with E-state index in [0.29, 0.717) is 11.8 Å². The first-order valence-corrected chi connectivity index (χ1v) is 5.19. The Morgan fingerprint density at radius 2 is 1.89 bits per heavy atom. The maximum absolute atomic E-state index is 5.66. The lowest BCUT2D eigenvalue weighted by Gasteiger charge is -1.99. The number of rotatable bonds is 3. The van der Waals surface area contributed by atoms with Crippen molar-refractivity contribution in [1.29, 1.82) is 0 Å². The molecule has 0 amide bonds. The van der Waals surface area contributed by atoms with Gasteiger partial charge >= 0.3 is 0 Å². The average molecular weight is 267 g/mol. The Morgan fingerprint density at radius 3 is 2.44 bits per heavy atom. The summed E-state index contributed by atoms with van der Waals surface area (Å²) < 4.78 is 1.34. The zero-order valence-electron chi connectivity index (χ0n) is 10.2. The van der Waals surface area contributed by atoms with E-state index in [2.05, 4.69) is 20.7 Å². The van der Waals surface area contributed by atoms with E-state index < -0.39 is 0 Å². The molecule has 0 fully saturated rings. The Hall–Kier alpha value is -2.08. The van der Waals surface area contributed by atoms with Gasteiger partial charge in [0.25, 0.3) is 5.95 Å². The minimum atomic E-state index is 0. The number of nitrogens with zero attached hydrogens (tertiary/aromatic N) is 4. The molecule has 96 valence electrons. The first kappa shape index (κ1) is 14.0. The number of halogens is 1. The number of hydrazone groups is 1. The van der Waals surface area contributed by atoms with Crippen LogP contribution in [0.15, 0.2) is 29.4 Å². The summed E-state index contributed by atoms with van der Waals surface area (Å²) in [5.41, 5.74) is 4.95. The molecule has 2 aromatic rings. The number of hydrogen-bond acceptors (Lipinski definition) is 5. The molecule has 3 N–H and O–H groups in total. The van der Waals surface area contributed by atoms with Crippen molar-refractivity contribution in [3.05, 3.63) is 41.2 Å². The van der Waals surface area contributed by atoms with Crippen LogP contribution in [0.25, 0.3) is 0 Å². The molecule has 0 unspecified atom stereocenters. The van der Waals surface area contributed by atoms with Crippen molar-refractivity contribution in [1.82, 2.24) is 14.9 Å². The van der Waals surface area contributed by atoms with Gasteiger partial charge in [-0.25, -0.2) is 10.1 Å². The summed E-state index contributed by atoms with van der Waals surface area (Å²) >= 11 is 0. The first-order chi connectivity index (χ1) is 8.16. The highest BCUT2D eigenvalue weighted by Crippen LogP contribution is 2.02. The highest BCUT2D eigenvalue weighted by atomic mass is 35.5. The van der Waals surface area contributed by atoms with Gasteiger partial charge in [-0.3, -0.25) is 0 Å². The molecule has 0 bridgehead atoms. The molecule has 0 atom stereocenters. The molecule has 1 heterocycles. The zero-order valence-corrected chi connectivity index (χ0v) is 11.0. The monoisotopic (exact) mass is 266 g/mol. The molecule has 0 aliphatic rings. The molecule has 0 spiro atoms. The van der Waals surface area contributed by atoms with Crippen molar-refractivity contribution in [2.24, 2.45) is 5.10 Å². The van der Waals surface area contributed by atoms with E-state index in [-0.39, 0.29) is 12.4 Å². The molecule has 0 aliphatic heterocycles. The summed E-state index contributed by atoms with van der Waals surface area (Å²) in [7, 11) is 0. The van der Waals surface area contributed by atoms with Gasteiger partial charge in [0.05, 0.1) is 6.21 Å². The molecule has 1 aromatic heterocycles. The molecule has 0 aliphatic carbocycles. The number of nitrogen functional groups attached to an aromatic ring is 1. The first-order valence-electron chi connectivity index (χ1n) is 5.19. The van der Waals surface area contributed by atoms with Crippen molar-refractivity contribution < 1.29 is 0 Å². The number of aryl methyl sites for hydroxylation is 2. The molecule has 0 saturated carbocycles. The topological polar surface area (TPSA) is 81.1 Å². The van der Waals surface area contributed by atoms with Gasteiger partial charge in [-0.2, -0.15) is 5.10 Å². The third kappa shape index (κ3) is 3.21. The molecular formula is C11H15ClN6. The summed E-state index contributed by atoms with van der Waals surface area (Å²) in [6, 6.07) is 8.02.